The molecular weight excluding hydrogens is 268 g/mol. The van der Waals surface area contributed by atoms with Crippen LogP contribution in [0.1, 0.15) is 18.9 Å². The smallest absolute Gasteiger partial charge is 0.237 e. The van der Waals surface area contributed by atoms with Crippen LogP contribution in [0.3, 0.4) is 0 Å². The minimum atomic E-state index is -0.210. The molecule has 0 aromatic heterocycles. The molecule has 1 aromatic carbocycles. The van der Waals surface area contributed by atoms with Crippen LogP contribution in [-0.4, -0.2) is 42.4 Å². The highest BCUT2D eigenvalue weighted by Gasteiger charge is 2.25. The standard InChI is InChI=1S/C15H18N4O2/c1-11-15(21)17-7-9-19(11)8-6-14(20)18-13-5-3-2-4-12(13)10-16/h2-5,11H,6-9H2,1H3,(H,17,21)(H,18,20). The highest BCUT2D eigenvalue weighted by molar-refractivity contribution is 5.92. The Labute approximate surface area is 123 Å². The second-order valence-electron chi connectivity index (χ2n) is 4.96. The minimum Gasteiger partial charge on any atom is -0.353 e. The fourth-order valence-electron chi connectivity index (χ4n) is 2.28. The van der Waals surface area contributed by atoms with E-state index in [4.69, 9.17) is 5.26 Å². The number of hydrogen-bond acceptors (Lipinski definition) is 4. The topological polar surface area (TPSA) is 85.2 Å². The van der Waals surface area contributed by atoms with Gasteiger partial charge in [0, 0.05) is 26.1 Å². The summed E-state index contributed by atoms with van der Waals surface area (Å²) in [6, 6.07) is 8.72. The van der Waals surface area contributed by atoms with Crippen molar-refractivity contribution in [2.45, 2.75) is 19.4 Å². The molecule has 2 amide bonds. The van der Waals surface area contributed by atoms with Crippen molar-refractivity contribution in [2.75, 3.05) is 25.0 Å². The van der Waals surface area contributed by atoms with Crippen molar-refractivity contribution in [3.8, 4) is 6.07 Å². The normalized spacial score (nSPS) is 18.7. The first-order chi connectivity index (χ1) is 10.1. The number of amides is 2. The Hall–Kier alpha value is -2.39. The molecule has 0 spiro atoms. The Bertz CT molecular complexity index is 579. The molecule has 2 N–H and O–H groups in total. The summed E-state index contributed by atoms with van der Waals surface area (Å²) in [4.78, 5) is 25.5. The second-order valence-corrected chi connectivity index (χ2v) is 4.96. The third-order valence-electron chi connectivity index (χ3n) is 3.57. The van der Waals surface area contributed by atoms with Crippen LogP contribution in [0.25, 0.3) is 0 Å². The van der Waals surface area contributed by atoms with Gasteiger partial charge in [0.1, 0.15) is 6.07 Å². The lowest BCUT2D eigenvalue weighted by Crippen LogP contribution is -2.54. The molecule has 1 unspecified atom stereocenters. The number of benzene rings is 1. The quantitative estimate of drug-likeness (QED) is 0.853. The molecule has 110 valence electrons. The average molecular weight is 286 g/mol. The number of anilines is 1. The molecule has 1 saturated heterocycles. The molecule has 1 aliphatic rings. The number of nitrogens with zero attached hydrogens (tertiary/aromatic N) is 2. The molecule has 0 saturated carbocycles. The van der Waals surface area contributed by atoms with Gasteiger partial charge in [-0.25, -0.2) is 0 Å². The first kappa shape index (κ1) is 15.0. The zero-order chi connectivity index (χ0) is 15.2. The summed E-state index contributed by atoms with van der Waals surface area (Å²) in [5.41, 5.74) is 0.964. The molecule has 1 aromatic rings. The van der Waals surface area contributed by atoms with Gasteiger partial charge in [-0.15, -0.1) is 0 Å². The van der Waals surface area contributed by atoms with E-state index in [0.29, 0.717) is 24.3 Å². The number of para-hydroxylation sites is 1. The molecule has 1 heterocycles. The molecule has 1 fully saturated rings. The van der Waals surface area contributed by atoms with E-state index in [-0.39, 0.29) is 24.3 Å². The predicted octanol–water partition coefficient (Wildman–Crippen LogP) is 0.707. The zero-order valence-corrected chi connectivity index (χ0v) is 11.9. The summed E-state index contributed by atoms with van der Waals surface area (Å²) in [7, 11) is 0. The van der Waals surface area contributed by atoms with Gasteiger partial charge in [-0.3, -0.25) is 14.5 Å². The maximum absolute atomic E-state index is 12.0. The highest BCUT2D eigenvalue weighted by atomic mass is 16.2. The SMILES string of the molecule is CC1C(=O)NCCN1CCC(=O)Nc1ccccc1C#N. The van der Waals surface area contributed by atoms with Gasteiger partial charge in [0.15, 0.2) is 0 Å². The minimum absolute atomic E-state index is 0.00326. The van der Waals surface area contributed by atoms with E-state index in [1.54, 1.807) is 24.3 Å². The highest BCUT2D eigenvalue weighted by Crippen LogP contribution is 2.14. The Balaban J connectivity index is 1.88. The summed E-state index contributed by atoms with van der Waals surface area (Å²) in [6.07, 6.45) is 0.289. The van der Waals surface area contributed by atoms with Gasteiger partial charge < -0.3 is 10.6 Å². The summed E-state index contributed by atoms with van der Waals surface area (Å²) >= 11 is 0. The summed E-state index contributed by atoms with van der Waals surface area (Å²) in [6.45, 7) is 3.71. The number of nitriles is 1. The lowest BCUT2D eigenvalue weighted by molar-refractivity contribution is -0.129. The Kier molecular flexibility index (Phi) is 4.90. The van der Waals surface area contributed by atoms with E-state index in [1.807, 2.05) is 17.9 Å². The van der Waals surface area contributed by atoms with Crippen molar-refractivity contribution in [2.24, 2.45) is 0 Å². The fourth-order valence-corrected chi connectivity index (χ4v) is 2.28. The monoisotopic (exact) mass is 286 g/mol. The third kappa shape index (κ3) is 3.80. The Morgan fingerprint density at radius 3 is 3.05 bits per heavy atom. The maximum atomic E-state index is 12.0. The molecule has 1 atom stereocenters. The van der Waals surface area contributed by atoms with Crippen LogP contribution in [0.15, 0.2) is 24.3 Å². The molecule has 2 rings (SSSR count). The van der Waals surface area contributed by atoms with Gasteiger partial charge in [-0.05, 0) is 19.1 Å². The van der Waals surface area contributed by atoms with Crippen LogP contribution in [0, 0.1) is 11.3 Å². The number of rotatable bonds is 4. The van der Waals surface area contributed by atoms with Crippen molar-refractivity contribution in [1.29, 1.82) is 5.26 Å². The van der Waals surface area contributed by atoms with Crippen LogP contribution in [0.4, 0.5) is 5.69 Å². The summed E-state index contributed by atoms with van der Waals surface area (Å²) in [5, 5.41) is 14.5. The van der Waals surface area contributed by atoms with E-state index in [0.717, 1.165) is 6.54 Å². The number of carbonyl (C=O) groups excluding carboxylic acids is 2. The van der Waals surface area contributed by atoms with Gasteiger partial charge in [0.05, 0.1) is 17.3 Å². The largest absolute Gasteiger partial charge is 0.353 e. The molecule has 21 heavy (non-hydrogen) atoms. The van der Waals surface area contributed by atoms with Gasteiger partial charge in [0.25, 0.3) is 0 Å². The number of nitrogens with one attached hydrogen (secondary N) is 2. The van der Waals surface area contributed by atoms with Crippen LogP contribution in [-0.2, 0) is 9.59 Å². The third-order valence-corrected chi connectivity index (χ3v) is 3.57. The van der Waals surface area contributed by atoms with Crippen LogP contribution in [0.2, 0.25) is 0 Å². The molecule has 6 heteroatoms. The van der Waals surface area contributed by atoms with Crippen molar-refractivity contribution < 1.29 is 9.59 Å². The van der Waals surface area contributed by atoms with Gasteiger partial charge >= 0.3 is 0 Å². The van der Waals surface area contributed by atoms with Gasteiger partial charge in [-0.1, -0.05) is 12.1 Å². The molecule has 1 aliphatic heterocycles. The average Bonchev–Trinajstić information content (AvgIpc) is 2.49. The first-order valence-electron chi connectivity index (χ1n) is 6.92. The Morgan fingerprint density at radius 2 is 2.29 bits per heavy atom. The van der Waals surface area contributed by atoms with E-state index in [1.165, 1.54) is 0 Å². The van der Waals surface area contributed by atoms with E-state index < -0.39 is 0 Å². The van der Waals surface area contributed by atoms with Crippen molar-refractivity contribution in [3.05, 3.63) is 29.8 Å². The predicted molar refractivity (Wildman–Crippen MR) is 78.4 cm³/mol. The lowest BCUT2D eigenvalue weighted by atomic mass is 10.1. The molecule has 0 radical (unpaired) electrons. The van der Waals surface area contributed by atoms with Crippen molar-refractivity contribution in [3.63, 3.8) is 0 Å². The molecule has 0 aliphatic carbocycles. The van der Waals surface area contributed by atoms with E-state index in [2.05, 4.69) is 10.6 Å². The zero-order valence-electron chi connectivity index (χ0n) is 11.9. The van der Waals surface area contributed by atoms with Gasteiger partial charge in [0.2, 0.25) is 11.8 Å². The molecule has 0 bridgehead atoms. The van der Waals surface area contributed by atoms with Crippen LogP contribution in [0.5, 0.6) is 0 Å². The first-order valence-corrected chi connectivity index (χ1v) is 6.92. The van der Waals surface area contributed by atoms with Crippen molar-refractivity contribution >= 4 is 17.5 Å². The lowest BCUT2D eigenvalue weighted by Gasteiger charge is -2.32. The van der Waals surface area contributed by atoms with Gasteiger partial charge in [-0.2, -0.15) is 5.26 Å². The van der Waals surface area contributed by atoms with Crippen LogP contribution < -0.4 is 10.6 Å². The van der Waals surface area contributed by atoms with E-state index >= 15 is 0 Å². The molecular formula is C15H18N4O2. The summed E-state index contributed by atoms with van der Waals surface area (Å²) < 4.78 is 0. The van der Waals surface area contributed by atoms with Crippen LogP contribution >= 0.6 is 0 Å². The van der Waals surface area contributed by atoms with Crippen molar-refractivity contribution in [1.82, 2.24) is 10.2 Å². The second kappa shape index (κ2) is 6.86. The number of hydrogen-bond donors (Lipinski definition) is 2. The maximum Gasteiger partial charge on any atom is 0.237 e. The van der Waals surface area contributed by atoms with E-state index in [9.17, 15) is 9.59 Å². The fraction of sp³-hybridized carbons (Fsp3) is 0.400. The number of carbonyl (C=O) groups is 2. The number of piperazine rings is 1. The Morgan fingerprint density at radius 1 is 1.52 bits per heavy atom. The molecule has 6 nitrogen and oxygen atoms in total. The summed E-state index contributed by atoms with van der Waals surface area (Å²) in [5.74, 6) is -0.160.